The zero-order valence-electron chi connectivity index (χ0n) is 20.6. The zero-order valence-corrected chi connectivity index (χ0v) is 20.6. The van der Waals surface area contributed by atoms with E-state index in [4.69, 9.17) is 14.5 Å². The van der Waals surface area contributed by atoms with Gasteiger partial charge in [-0.25, -0.2) is 9.78 Å². The SMILES string of the molecule is COc1ccc2c(O[C@@H]3C[C@@H](C(=O)O)N(C(=O)CN(CCO)CCO)C3)cc(-c3ccccc3)nc2c1. The first kappa shape index (κ1) is 26.3. The number of amides is 1. The minimum atomic E-state index is -1.11. The molecule has 196 valence electrons. The predicted molar refractivity (Wildman–Crippen MR) is 137 cm³/mol. The summed E-state index contributed by atoms with van der Waals surface area (Å²) in [6.07, 6.45) is -0.424. The molecular weight excluding hydrogens is 478 g/mol. The number of aromatic nitrogens is 1. The molecule has 2 heterocycles. The van der Waals surface area contributed by atoms with Crippen molar-refractivity contribution in [1.82, 2.24) is 14.8 Å². The van der Waals surface area contributed by atoms with Crippen LogP contribution in [-0.2, 0) is 9.59 Å². The highest BCUT2D eigenvalue weighted by molar-refractivity contribution is 5.89. The van der Waals surface area contributed by atoms with Crippen molar-refractivity contribution in [3.63, 3.8) is 0 Å². The number of fused-ring (bicyclic) bond motifs is 1. The van der Waals surface area contributed by atoms with E-state index in [1.165, 1.54) is 4.90 Å². The fourth-order valence-electron chi connectivity index (χ4n) is 4.56. The number of benzene rings is 2. The number of carbonyl (C=O) groups excluding carboxylic acids is 1. The summed E-state index contributed by atoms with van der Waals surface area (Å²) in [5.74, 6) is -0.313. The Balaban J connectivity index is 1.61. The highest BCUT2D eigenvalue weighted by Crippen LogP contribution is 2.34. The maximum Gasteiger partial charge on any atom is 0.326 e. The summed E-state index contributed by atoms with van der Waals surface area (Å²) < 4.78 is 11.7. The third kappa shape index (κ3) is 6.16. The van der Waals surface area contributed by atoms with Crippen LogP contribution in [0.4, 0.5) is 0 Å². The van der Waals surface area contributed by atoms with Gasteiger partial charge in [0.15, 0.2) is 0 Å². The lowest BCUT2D eigenvalue weighted by atomic mass is 10.1. The summed E-state index contributed by atoms with van der Waals surface area (Å²) in [6.45, 7) is 0.0470. The minimum Gasteiger partial charge on any atom is -0.497 e. The summed E-state index contributed by atoms with van der Waals surface area (Å²) in [5.41, 5.74) is 2.26. The van der Waals surface area contributed by atoms with Gasteiger partial charge in [-0.3, -0.25) is 9.69 Å². The molecule has 3 aromatic rings. The third-order valence-corrected chi connectivity index (χ3v) is 6.40. The first-order valence-electron chi connectivity index (χ1n) is 12.1. The number of carbonyl (C=O) groups is 2. The Morgan fingerprint density at radius 1 is 1.08 bits per heavy atom. The van der Waals surface area contributed by atoms with Crippen molar-refractivity contribution in [2.75, 3.05) is 46.5 Å². The smallest absolute Gasteiger partial charge is 0.326 e. The molecule has 0 saturated carbocycles. The summed E-state index contributed by atoms with van der Waals surface area (Å²) in [4.78, 5) is 32.7. The molecule has 1 aromatic heterocycles. The van der Waals surface area contributed by atoms with Crippen molar-refractivity contribution in [2.24, 2.45) is 0 Å². The largest absolute Gasteiger partial charge is 0.497 e. The standard InChI is InChI=1S/C27H31N3O7/c1-36-19-7-8-21-23(13-19)28-22(18-5-3-2-4-6-18)15-25(21)37-20-14-24(27(34)35)30(16-20)26(33)17-29(9-11-31)10-12-32/h2-8,13,15,20,24,31-32H,9-12,14,16-17H2,1H3,(H,34,35)/t20-,24+/m1/s1. The van der Waals surface area contributed by atoms with Gasteiger partial charge in [0, 0.05) is 42.6 Å². The van der Waals surface area contributed by atoms with Crippen molar-refractivity contribution >= 4 is 22.8 Å². The quantitative estimate of drug-likeness (QED) is 0.353. The van der Waals surface area contributed by atoms with Crippen LogP contribution in [0.1, 0.15) is 6.42 Å². The Morgan fingerprint density at radius 3 is 2.46 bits per heavy atom. The van der Waals surface area contributed by atoms with Crippen LogP contribution in [0, 0.1) is 0 Å². The zero-order chi connectivity index (χ0) is 26.4. The van der Waals surface area contributed by atoms with Crippen LogP contribution in [-0.4, -0.2) is 101 Å². The van der Waals surface area contributed by atoms with Crippen molar-refractivity contribution in [3.8, 4) is 22.8 Å². The van der Waals surface area contributed by atoms with E-state index in [-0.39, 0.29) is 45.8 Å². The number of rotatable bonds is 11. The van der Waals surface area contributed by atoms with Crippen LogP contribution in [0.3, 0.4) is 0 Å². The molecule has 0 spiro atoms. The van der Waals surface area contributed by atoms with Gasteiger partial charge < -0.3 is 29.7 Å². The second-order valence-electron chi connectivity index (χ2n) is 8.85. The fraction of sp³-hybridized carbons (Fsp3) is 0.370. The van der Waals surface area contributed by atoms with Gasteiger partial charge in [-0.1, -0.05) is 30.3 Å². The number of likely N-dealkylation sites (tertiary alicyclic amines) is 1. The fourth-order valence-corrected chi connectivity index (χ4v) is 4.56. The normalized spacial score (nSPS) is 17.4. The molecule has 37 heavy (non-hydrogen) atoms. The maximum absolute atomic E-state index is 13.0. The van der Waals surface area contributed by atoms with Gasteiger partial charge in [-0.05, 0) is 12.1 Å². The number of hydrogen-bond acceptors (Lipinski definition) is 8. The summed E-state index contributed by atoms with van der Waals surface area (Å²) >= 11 is 0. The molecule has 0 unspecified atom stereocenters. The van der Waals surface area contributed by atoms with E-state index in [1.54, 1.807) is 18.1 Å². The third-order valence-electron chi connectivity index (χ3n) is 6.40. The average molecular weight is 510 g/mol. The Morgan fingerprint density at radius 2 is 1.81 bits per heavy atom. The van der Waals surface area contributed by atoms with Crippen LogP contribution >= 0.6 is 0 Å². The van der Waals surface area contributed by atoms with Gasteiger partial charge in [0.1, 0.15) is 23.6 Å². The molecule has 1 saturated heterocycles. The van der Waals surface area contributed by atoms with Crippen molar-refractivity contribution in [2.45, 2.75) is 18.6 Å². The van der Waals surface area contributed by atoms with E-state index in [0.717, 1.165) is 10.9 Å². The number of aliphatic carboxylic acids is 1. The summed E-state index contributed by atoms with van der Waals surface area (Å²) in [6, 6.07) is 15.9. The van der Waals surface area contributed by atoms with Gasteiger partial charge in [0.25, 0.3) is 0 Å². The lowest BCUT2D eigenvalue weighted by Crippen LogP contribution is -2.46. The second kappa shape index (κ2) is 12.0. The van der Waals surface area contributed by atoms with E-state index in [0.29, 0.717) is 22.7 Å². The van der Waals surface area contributed by atoms with Crippen molar-refractivity contribution < 1.29 is 34.4 Å². The van der Waals surface area contributed by atoms with Gasteiger partial charge in [-0.15, -0.1) is 0 Å². The Hall–Kier alpha value is -3.73. The maximum atomic E-state index is 13.0. The number of carboxylic acids is 1. The number of aliphatic hydroxyl groups excluding tert-OH is 2. The average Bonchev–Trinajstić information content (AvgIpc) is 3.33. The van der Waals surface area contributed by atoms with E-state index in [1.807, 2.05) is 48.5 Å². The molecule has 2 aromatic carbocycles. The molecule has 0 aliphatic carbocycles. The van der Waals surface area contributed by atoms with Crippen molar-refractivity contribution in [1.29, 1.82) is 0 Å². The minimum absolute atomic E-state index is 0.0997. The number of nitrogens with zero attached hydrogens (tertiary/aromatic N) is 3. The summed E-state index contributed by atoms with van der Waals surface area (Å²) in [5, 5.41) is 29.0. The van der Waals surface area contributed by atoms with Crippen LogP contribution in [0.5, 0.6) is 11.5 Å². The number of methoxy groups -OCH3 is 1. The number of pyridine rings is 1. The number of hydrogen-bond donors (Lipinski definition) is 3. The molecule has 1 aliphatic heterocycles. The number of ether oxygens (including phenoxy) is 2. The van der Waals surface area contributed by atoms with E-state index >= 15 is 0 Å². The van der Waals surface area contributed by atoms with Crippen LogP contribution in [0.2, 0.25) is 0 Å². The molecule has 4 rings (SSSR count). The predicted octanol–water partition coefficient (Wildman–Crippen LogP) is 1.63. The lowest BCUT2D eigenvalue weighted by Gasteiger charge is -2.26. The molecular formula is C27H31N3O7. The lowest BCUT2D eigenvalue weighted by molar-refractivity contribution is -0.148. The highest BCUT2D eigenvalue weighted by Gasteiger charge is 2.41. The Labute approximate surface area is 214 Å². The molecule has 10 nitrogen and oxygen atoms in total. The molecule has 2 atom stereocenters. The molecule has 1 fully saturated rings. The van der Waals surface area contributed by atoms with Crippen LogP contribution in [0.25, 0.3) is 22.2 Å². The monoisotopic (exact) mass is 509 g/mol. The van der Waals surface area contributed by atoms with E-state index in [2.05, 4.69) is 0 Å². The van der Waals surface area contributed by atoms with Gasteiger partial charge in [0.2, 0.25) is 5.91 Å². The van der Waals surface area contributed by atoms with Gasteiger partial charge >= 0.3 is 5.97 Å². The number of aliphatic hydroxyl groups is 2. The Bertz CT molecular complexity index is 1230. The molecule has 1 aliphatic rings. The highest BCUT2D eigenvalue weighted by atomic mass is 16.5. The van der Waals surface area contributed by atoms with Gasteiger partial charge in [-0.2, -0.15) is 0 Å². The molecule has 1 amide bonds. The first-order valence-corrected chi connectivity index (χ1v) is 12.1. The molecule has 0 bridgehead atoms. The van der Waals surface area contributed by atoms with Gasteiger partial charge in [0.05, 0.1) is 44.6 Å². The van der Waals surface area contributed by atoms with Crippen molar-refractivity contribution in [3.05, 3.63) is 54.6 Å². The molecule has 10 heteroatoms. The first-order chi connectivity index (χ1) is 17.9. The summed E-state index contributed by atoms with van der Waals surface area (Å²) in [7, 11) is 1.58. The van der Waals surface area contributed by atoms with E-state index < -0.39 is 24.0 Å². The topological polar surface area (TPSA) is 133 Å². The van der Waals surface area contributed by atoms with Crippen LogP contribution in [0.15, 0.2) is 54.6 Å². The van der Waals surface area contributed by atoms with E-state index in [9.17, 15) is 24.9 Å². The second-order valence-corrected chi connectivity index (χ2v) is 8.85. The van der Waals surface area contributed by atoms with Crippen LogP contribution < -0.4 is 9.47 Å². The molecule has 3 N–H and O–H groups in total. The number of carboxylic acid groups (broad SMARTS) is 1. The Kier molecular flexibility index (Phi) is 8.54. The molecule has 0 radical (unpaired) electrons.